The van der Waals surface area contributed by atoms with E-state index in [2.05, 4.69) is 6.92 Å². The highest BCUT2D eigenvalue weighted by molar-refractivity contribution is 4.83. The predicted octanol–water partition coefficient (Wildman–Crippen LogP) is 5.58. The van der Waals surface area contributed by atoms with Gasteiger partial charge in [0.2, 0.25) is 0 Å². The minimum Gasteiger partial charge on any atom is -0.378 e. The molecule has 116 valence electrons. The minimum atomic E-state index is 0.614. The summed E-state index contributed by atoms with van der Waals surface area (Å²) in [5, 5.41) is 0. The van der Waals surface area contributed by atoms with Crippen LogP contribution in [0.2, 0.25) is 0 Å². The summed E-state index contributed by atoms with van der Waals surface area (Å²) in [5.41, 5.74) is 0. The second-order valence-corrected chi connectivity index (χ2v) is 7.88. The Hall–Kier alpha value is -0.0400. The first-order valence-electron chi connectivity index (χ1n) is 9.46. The Morgan fingerprint density at radius 1 is 0.700 bits per heavy atom. The summed E-state index contributed by atoms with van der Waals surface area (Å²) in [6.45, 7) is 3.41. The van der Waals surface area contributed by atoms with Crippen molar-refractivity contribution in [1.82, 2.24) is 0 Å². The molecule has 3 aliphatic carbocycles. The van der Waals surface area contributed by atoms with E-state index in [0.717, 1.165) is 30.3 Å². The standard InChI is InChI=1S/C19H34O/c1-2-3-15-6-8-17(9-7-15)18-10-12-19(13-11-18)20-14-16-4-5-16/h15-19H,2-14H2,1H3. The van der Waals surface area contributed by atoms with Crippen molar-refractivity contribution in [3.8, 4) is 0 Å². The van der Waals surface area contributed by atoms with Crippen LogP contribution < -0.4 is 0 Å². The van der Waals surface area contributed by atoms with E-state index in [1.54, 1.807) is 0 Å². The van der Waals surface area contributed by atoms with Gasteiger partial charge in [0.05, 0.1) is 6.10 Å². The molecule has 0 radical (unpaired) electrons. The Balaban J connectivity index is 1.33. The molecular formula is C19H34O. The molecule has 0 bridgehead atoms. The van der Waals surface area contributed by atoms with Crippen LogP contribution in [0.3, 0.4) is 0 Å². The van der Waals surface area contributed by atoms with E-state index < -0.39 is 0 Å². The van der Waals surface area contributed by atoms with Gasteiger partial charge < -0.3 is 4.74 Å². The fourth-order valence-electron chi connectivity index (χ4n) is 4.64. The van der Waals surface area contributed by atoms with Crippen LogP contribution >= 0.6 is 0 Å². The van der Waals surface area contributed by atoms with Crippen LogP contribution in [-0.2, 0) is 4.74 Å². The smallest absolute Gasteiger partial charge is 0.0575 e. The molecule has 0 aliphatic heterocycles. The van der Waals surface area contributed by atoms with Gasteiger partial charge in [0.25, 0.3) is 0 Å². The lowest BCUT2D eigenvalue weighted by Gasteiger charge is -2.37. The fraction of sp³-hybridized carbons (Fsp3) is 1.00. The third-order valence-corrected chi connectivity index (χ3v) is 6.24. The maximum Gasteiger partial charge on any atom is 0.0575 e. The van der Waals surface area contributed by atoms with E-state index in [1.807, 2.05) is 0 Å². The summed E-state index contributed by atoms with van der Waals surface area (Å²) >= 11 is 0. The van der Waals surface area contributed by atoms with Gasteiger partial charge in [-0.05, 0) is 75.0 Å². The fourth-order valence-corrected chi connectivity index (χ4v) is 4.64. The molecule has 3 saturated carbocycles. The minimum absolute atomic E-state index is 0.614. The van der Waals surface area contributed by atoms with Gasteiger partial charge in [-0.3, -0.25) is 0 Å². The van der Waals surface area contributed by atoms with Crippen LogP contribution in [0.1, 0.15) is 84.0 Å². The van der Waals surface area contributed by atoms with Gasteiger partial charge in [0.15, 0.2) is 0 Å². The molecule has 3 rings (SSSR count). The van der Waals surface area contributed by atoms with Crippen LogP contribution in [0, 0.1) is 23.7 Å². The highest BCUT2D eigenvalue weighted by atomic mass is 16.5. The van der Waals surface area contributed by atoms with E-state index in [9.17, 15) is 0 Å². The maximum atomic E-state index is 6.09. The average molecular weight is 278 g/mol. The monoisotopic (exact) mass is 278 g/mol. The first-order chi connectivity index (χ1) is 9.85. The van der Waals surface area contributed by atoms with E-state index in [4.69, 9.17) is 4.74 Å². The molecule has 0 atom stereocenters. The highest BCUT2D eigenvalue weighted by Crippen LogP contribution is 2.41. The van der Waals surface area contributed by atoms with Crippen molar-refractivity contribution in [2.24, 2.45) is 23.7 Å². The molecule has 0 aromatic heterocycles. The second-order valence-electron chi connectivity index (χ2n) is 7.88. The Morgan fingerprint density at radius 2 is 1.25 bits per heavy atom. The topological polar surface area (TPSA) is 9.23 Å². The molecule has 0 aromatic carbocycles. The molecule has 0 spiro atoms. The van der Waals surface area contributed by atoms with Crippen LogP contribution in [0.15, 0.2) is 0 Å². The predicted molar refractivity (Wildman–Crippen MR) is 84.8 cm³/mol. The molecule has 1 nitrogen and oxygen atoms in total. The van der Waals surface area contributed by atoms with Crippen molar-refractivity contribution in [2.45, 2.75) is 90.1 Å². The highest BCUT2D eigenvalue weighted by Gasteiger charge is 2.31. The van der Waals surface area contributed by atoms with Gasteiger partial charge >= 0.3 is 0 Å². The van der Waals surface area contributed by atoms with E-state index in [-0.39, 0.29) is 0 Å². The Bertz CT molecular complexity index is 267. The summed E-state index contributed by atoms with van der Waals surface area (Å²) in [4.78, 5) is 0. The largest absolute Gasteiger partial charge is 0.378 e. The zero-order valence-electron chi connectivity index (χ0n) is 13.5. The Kier molecular flexibility index (Phi) is 5.42. The zero-order chi connectivity index (χ0) is 13.8. The van der Waals surface area contributed by atoms with Gasteiger partial charge in [-0.1, -0.05) is 32.6 Å². The van der Waals surface area contributed by atoms with E-state index >= 15 is 0 Å². The average Bonchev–Trinajstić information content (AvgIpc) is 3.31. The van der Waals surface area contributed by atoms with Gasteiger partial charge in [-0.15, -0.1) is 0 Å². The molecule has 3 aliphatic rings. The second kappa shape index (κ2) is 7.29. The lowest BCUT2D eigenvalue weighted by molar-refractivity contribution is 0.00199. The van der Waals surface area contributed by atoms with E-state index in [0.29, 0.717) is 6.10 Å². The molecule has 20 heavy (non-hydrogen) atoms. The summed E-state index contributed by atoms with van der Waals surface area (Å²) < 4.78 is 6.09. The quantitative estimate of drug-likeness (QED) is 0.616. The first kappa shape index (κ1) is 14.9. The summed E-state index contributed by atoms with van der Waals surface area (Å²) in [7, 11) is 0. The molecule has 3 fully saturated rings. The van der Waals surface area contributed by atoms with Gasteiger partial charge in [0, 0.05) is 6.61 Å². The van der Waals surface area contributed by atoms with Crippen molar-refractivity contribution in [3.63, 3.8) is 0 Å². The number of hydrogen-bond donors (Lipinski definition) is 0. The lowest BCUT2D eigenvalue weighted by Crippen LogP contribution is -2.29. The summed E-state index contributed by atoms with van der Waals surface area (Å²) in [6.07, 6.45) is 18.1. The summed E-state index contributed by atoms with van der Waals surface area (Å²) in [5.74, 6) is 4.10. The molecule has 0 unspecified atom stereocenters. The van der Waals surface area contributed by atoms with Crippen molar-refractivity contribution in [2.75, 3.05) is 6.61 Å². The third kappa shape index (κ3) is 4.23. The van der Waals surface area contributed by atoms with Gasteiger partial charge in [-0.2, -0.15) is 0 Å². The van der Waals surface area contributed by atoms with Crippen molar-refractivity contribution in [3.05, 3.63) is 0 Å². The molecule has 0 saturated heterocycles. The van der Waals surface area contributed by atoms with Crippen LogP contribution in [0.4, 0.5) is 0 Å². The first-order valence-corrected chi connectivity index (χ1v) is 9.46. The van der Waals surface area contributed by atoms with Gasteiger partial charge in [0.1, 0.15) is 0 Å². The maximum absolute atomic E-state index is 6.09. The number of ether oxygens (including phenoxy) is 1. The molecule has 0 heterocycles. The number of rotatable bonds is 6. The van der Waals surface area contributed by atoms with Gasteiger partial charge in [-0.25, -0.2) is 0 Å². The number of hydrogen-bond acceptors (Lipinski definition) is 1. The molecule has 1 heteroatoms. The van der Waals surface area contributed by atoms with Crippen molar-refractivity contribution in [1.29, 1.82) is 0 Å². The van der Waals surface area contributed by atoms with E-state index in [1.165, 1.54) is 77.0 Å². The van der Waals surface area contributed by atoms with Crippen LogP contribution in [-0.4, -0.2) is 12.7 Å². The molecular weight excluding hydrogens is 244 g/mol. The van der Waals surface area contributed by atoms with Crippen molar-refractivity contribution >= 4 is 0 Å². The molecule has 0 N–H and O–H groups in total. The Labute approximate surface area is 125 Å². The third-order valence-electron chi connectivity index (χ3n) is 6.24. The van der Waals surface area contributed by atoms with Crippen LogP contribution in [0.25, 0.3) is 0 Å². The van der Waals surface area contributed by atoms with Crippen molar-refractivity contribution < 1.29 is 4.74 Å². The zero-order valence-corrected chi connectivity index (χ0v) is 13.5. The normalized spacial score (nSPS) is 38.9. The lowest BCUT2D eigenvalue weighted by atomic mass is 9.70. The SMILES string of the molecule is CCCC1CCC(C2CCC(OCC3CC3)CC2)CC1. The molecule has 0 aromatic rings. The summed E-state index contributed by atoms with van der Waals surface area (Å²) in [6, 6.07) is 0. The Morgan fingerprint density at radius 3 is 1.80 bits per heavy atom. The van der Waals surface area contributed by atoms with Crippen LogP contribution in [0.5, 0.6) is 0 Å². The molecule has 0 amide bonds.